The predicted octanol–water partition coefficient (Wildman–Crippen LogP) is 16.2. The van der Waals surface area contributed by atoms with Crippen molar-refractivity contribution in [3.63, 3.8) is 0 Å². The number of unbranched alkanes of at least 4 members (excludes halogenated alkanes) is 18. The lowest BCUT2D eigenvalue weighted by Gasteiger charge is -2.30. The molecular weight excluding hydrogens is 801 g/mol. The number of phenolic OH excluding ortho intramolecular Hbond substituents is 2. The Bertz CT molecular complexity index is 1490. The second kappa shape index (κ2) is 30.5. The van der Waals surface area contributed by atoms with Crippen LogP contribution in [0.4, 0.5) is 0 Å². The van der Waals surface area contributed by atoms with E-state index in [-0.39, 0.29) is 17.3 Å². The lowest BCUT2D eigenvalue weighted by atomic mass is 9.78. The van der Waals surface area contributed by atoms with Crippen LogP contribution in [0.15, 0.2) is 24.3 Å². The summed E-state index contributed by atoms with van der Waals surface area (Å²) in [6.45, 7) is 17.3. The number of rotatable bonds is 36. The summed E-state index contributed by atoms with van der Waals surface area (Å²) in [5.41, 5.74) is 4.62. The van der Waals surface area contributed by atoms with Crippen molar-refractivity contribution in [3.8, 4) is 11.5 Å². The van der Waals surface area contributed by atoms with Gasteiger partial charge in [-0.2, -0.15) is 11.8 Å². The Balaban J connectivity index is 2.19. The van der Waals surface area contributed by atoms with Gasteiger partial charge in [0.1, 0.15) is 11.5 Å². The van der Waals surface area contributed by atoms with Gasteiger partial charge in [0, 0.05) is 11.5 Å². The highest BCUT2D eigenvalue weighted by molar-refractivity contribution is 7.99. The van der Waals surface area contributed by atoms with Crippen LogP contribution in [0.25, 0.3) is 0 Å². The molecule has 4 N–H and O–H groups in total. The highest BCUT2D eigenvalue weighted by Gasteiger charge is 2.38. The minimum absolute atomic E-state index is 0.00898. The Morgan fingerprint density at radius 3 is 1.16 bits per heavy atom. The van der Waals surface area contributed by atoms with Crippen LogP contribution < -0.4 is 0 Å². The first-order valence-electron chi connectivity index (χ1n) is 25.7. The molecule has 0 saturated carbocycles. The van der Waals surface area contributed by atoms with E-state index in [1.165, 1.54) is 138 Å². The molecule has 2 aromatic rings. The summed E-state index contributed by atoms with van der Waals surface area (Å²) in [6, 6.07) is 8.67. The third-order valence-corrected chi connectivity index (χ3v) is 14.5. The van der Waals surface area contributed by atoms with Gasteiger partial charge in [-0.15, -0.1) is 0 Å². The van der Waals surface area contributed by atoms with Gasteiger partial charge in [0.25, 0.3) is 0 Å². The van der Waals surface area contributed by atoms with E-state index in [0.717, 1.165) is 47.9 Å². The molecule has 0 aromatic heterocycles. The van der Waals surface area contributed by atoms with Crippen molar-refractivity contribution in [1.29, 1.82) is 0 Å². The number of aliphatic carboxylic acids is 2. The third kappa shape index (κ3) is 22.4. The zero-order valence-electron chi connectivity index (χ0n) is 41.7. The number of carbonyl (C=O) groups is 2. The molecule has 0 aliphatic carbocycles. The molecule has 0 amide bonds. The lowest BCUT2D eigenvalue weighted by molar-refractivity contribution is -0.148. The predicted molar refractivity (Wildman–Crippen MR) is 270 cm³/mol. The van der Waals surface area contributed by atoms with E-state index in [1.807, 2.05) is 0 Å². The molecular formula is C56H94O6S. The fourth-order valence-electron chi connectivity index (χ4n) is 9.17. The monoisotopic (exact) mass is 895 g/mol. The Labute approximate surface area is 390 Å². The number of hydrogen-bond acceptors (Lipinski definition) is 5. The molecule has 0 heterocycles. The summed E-state index contributed by atoms with van der Waals surface area (Å²) in [5.74, 6) is -0.394. The molecule has 2 rings (SSSR count). The highest BCUT2D eigenvalue weighted by atomic mass is 32.2. The second-order valence-electron chi connectivity index (χ2n) is 21.2. The van der Waals surface area contributed by atoms with Gasteiger partial charge in [-0.1, -0.05) is 195 Å². The summed E-state index contributed by atoms with van der Waals surface area (Å²) >= 11 is 1.41. The molecule has 6 nitrogen and oxygen atoms in total. The first-order valence-corrected chi connectivity index (χ1v) is 26.8. The van der Waals surface area contributed by atoms with E-state index in [9.17, 15) is 30.0 Å². The summed E-state index contributed by atoms with van der Waals surface area (Å²) in [7, 11) is 0. The van der Waals surface area contributed by atoms with Crippen LogP contribution in [-0.2, 0) is 46.1 Å². The smallest absolute Gasteiger partial charge is 0.310 e. The molecule has 63 heavy (non-hydrogen) atoms. The molecule has 0 bridgehead atoms. The van der Waals surface area contributed by atoms with Crippen LogP contribution >= 0.6 is 11.8 Å². The zero-order chi connectivity index (χ0) is 46.7. The number of thioether (sulfide) groups is 1. The Morgan fingerprint density at radius 1 is 0.492 bits per heavy atom. The minimum atomic E-state index is -1.06. The van der Waals surface area contributed by atoms with Gasteiger partial charge in [0.05, 0.1) is 11.8 Å². The Morgan fingerprint density at radius 2 is 0.841 bits per heavy atom. The normalized spacial score (nSPS) is 12.3. The largest absolute Gasteiger partial charge is 0.507 e. The van der Waals surface area contributed by atoms with E-state index < -0.39 is 17.4 Å². The van der Waals surface area contributed by atoms with Gasteiger partial charge in [-0.25, -0.2) is 0 Å². The average Bonchev–Trinajstić information content (AvgIpc) is 3.21. The first kappa shape index (κ1) is 56.5. The Hall–Kier alpha value is -2.67. The number of carboxylic acid groups (broad SMARTS) is 2. The molecule has 360 valence electrons. The third-order valence-electron chi connectivity index (χ3n) is 13.2. The number of phenols is 2. The molecule has 0 radical (unpaired) electrons. The first-order chi connectivity index (χ1) is 29.9. The topological polar surface area (TPSA) is 115 Å². The van der Waals surface area contributed by atoms with Crippen molar-refractivity contribution in [1.82, 2.24) is 0 Å². The summed E-state index contributed by atoms with van der Waals surface area (Å²) in [6.07, 6.45) is 30.9. The van der Waals surface area contributed by atoms with Gasteiger partial charge in [0.2, 0.25) is 0 Å². The Kier molecular flexibility index (Phi) is 27.3. The van der Waals surface area contributed by atoms with Gasteiger partial charge >= 0.3 is 11.9 Å². The van der Waals surface area contributed by atoms with E-state index in [1.54, 1.807) is 0 Å². The van der Waals surface area contributed by atoms with Crippen LogP contribution in [0.2, 0.25) is 0 Å². The van der Waals surface area contributed by atoms with E-state index in [2.05, 4.69) is 79.7 Å². The molecule has 2 aromatic carbocycles. The van der Waals surface area contributed by atoms with Crippen molar-refractivity contribution in [2.45, 2.75) is 252 Å². The van der Waals surface area contributed by atoms with Crippen molar-refractivity contribution in [2.75, 3.05) is 11.5 Å². The fourth-order valence-corrected chi connectivity index (χ4v) is 10.4. The van der Waals surface area contributed by atoms with Gasteiger partial charge in [-0.05, 0) is 108 Å². The quantitative estimate of drug-likeness (QED) is 0.0504. The molecule has 0 spiro atoms. The molecule has 0 aliphatic heterocycles. The lowest BCUT2D eigenvalue weighted by Crippen LogP contribution is -2.34. The van der Waals surface area contributed by atoms with Crippen molar-refractivity contribution in [3.05, 3.63) is 57.6 Å². The molecule has 0 fully saturated rings. The molecule has 0 saturated heterocycles. The van der Waals surface area contributed by atoms with E-state index >= 15 is 0 Å². The average molecular weight is 895 g/mol. The van der Waals surface area contributed by atoms with Crippen molar-refractivity contribution >= 4 is 23.7 Å². The maximum atomic E-state index is 13.4. The summed E-state index contributed by atoms with van der Waals surface area (Å²) < 4.78 is 0. The number of aromatic hydroxyl groups is 2. The van der Waals surface area contributed by atoms with Crippen molar-refractivity contribution < 1.29 is 30.0 Å². The standard InChI is InChI=1S/C56H94O6S/c1-9-11-13-15-17-19-21-23-25-27-31-44-39-46(51(59)48(41-44)54(3,4)5)33-29-36-56(53(61)62,43-63-38-35-50(57)58)37-30-34-47-40-45(42-49(52(47)60)55(6,7)8)32-28-26-24-22-20-18-16-14-12-10-2/h39-42,59-60H,9-38,43H2,1-8H3,(H,57,58)(H,61,62). The highest BCUT2D eigenvalue weighted by Crippen LogP contribution is 2.41. The maximum Gasteiger partial charge on any atom is 0.310 e. The maximum absolute atomic E-state index is 13.4. The minimum Gasteiger partial charge on any atom is -0.507 e. The molecule has 0 aliphatic rings. The zero-order valence-corrected chi connectivity index (χ0v) is 42.6. The molecule has 7 heteroatoms. The number of hydrogen-bond donors (Lipinski definition) is 4. The van der Waals surface area contributed by atoms with Crippen LogP contribution in [0.3, 0.4) is 0 Å². The van der Waals surface area contributed by atoms with Crippen LogP contribution in [-0.4, -0.2) is 43.9 Å². The van der Waals surface area contributed by atoms with Crippen LogP contribution in [0.1, 0.15) is 249 Å². The fraction of sp³-hybridized carbons (Fsp3) is 0.750. The number of carboxylic acids is 2. The van der Waals surface area contributed by atoms with Gasteiger partial charge in [0.15, 0.2) is 0 Å². The van der Waals surface area contributed by atoms with Crippen LogP contribution in [0.5, 0.6) is 11.5 Å². The van der Waals surface area contributed by atoms with Crippen LogP contribution in [0, 0.1) is 5.41 Å². The van der Waals surface area contributed by atoms with E-state index in [4.69, 9.17) is 0 Å². The van der Waals surface area contributed by atoms with E-state index in [0.29, 0.717) is 61.5 Å². The molecule has 0 atom stereocenters. The number of benzene rings is 2. The molecule has 0 unspecified atom stereocenters. The van der Waals surface area contributed by atoms with Gasteiger partial charge in [-0.3, -0.25) is 9.59 Å². The second-order valence-corrected chi connectivity index (χ2v) is 22.3. The van der Waals surface area contributed by atoms with Gasteiger partial charge < -0.3 is 20.4 Å². The summed E-state index contributed by atoms with van der Waals surface area (Å²) in [4.78, 5) is 24.7. The number of aryl methyl sites for hydroxylation is 4. The SMILES string of the molecule is CCCCCCCCCCCCc1cc(CCCC(CCCc2cc(CCCCCCCCCCCC)cc(C(C)(C)C)c2O)(CSCCC(=O)O)C(=O)O)c(O)c(C(C)(C)C)c1. The summed E-state index contributed by atoms with van der Waals surface area (Å²) in [5, 5.41) is 43.5. The van der Waals surface area contributed by atoms with Crippen molar-refractivity contribution in [2.24, 2.45) is 5.41 Å².